The van der Waals surface area contributed by atoms with Crippen molar-refractivity contribution >= 4 is 5.97 Å². The molecule has 1 aliphatic rings. The SMILES string of the molecule is COC(=O)c1nn(Cc2ccc(OC(F)F)cc2)c2c1CCCC2. The molecule has 0 fully saturated rings. The standard InChI is InChI=1S/C17H18F2N2O3/c1-23-16(22)15-13-4-2-3-5-14(13)21(20-15)10-11-6-8-12(9-7-11)24-17(18)19/h6-9,17H,2-5,10H2,1H3. The number of fused-ring (bicyclic) bond motifs is 1. The van der Waals surface area contributed by atoms with Crippen LogP contribution in [0.15, 0.2) is 24.3 Å². The molecule has 1 aromatic heterocycles. The molecule has 0 amide bonds. The number of hydrogen-bond donors (Lipinski definition) is 0. The third-order valence-electron chi connectivity index (χ3n) is 4.12. The molecular formula is C17H18F2N2O3. The van der Waals surface area contributed by atoms with E-state index in [2.05, 4.69) is 9.84 Å². The molecule has 7 heteroatoms. The van der Waals surface area contributed by atoms with Gasteiger partial charge in [-0.1, -0.05) is 12.1 Å². The van der Waals surface area contributed by atoms with Gasteiger partial charge in [-0.3, -0.25) is 4.68 Å². The van der Waals surface area contributed by atoms with E-state index in [4.69, 9.17) is 4.74 Å². The van der Waals surface area contributed by atoms with E-state index in [-0.39, 0.29) is 5.75 Å². The third kappa shape index (κ3) is 3.39. The predicted molar refractivity (Wildman–Crippen MR) is 82.4 cm³/mol. The molecule has 0 bridgehead atoms. The van der Waals surface area contributed by atoms with Crippen LogP contribution in [0.3, 0.4) is 0 Å². The number of ether oxygens (including phenoxy) is 2. The maximum Gasteiger partial charge on any atom is 0.387 e. The average molecular weight is 336 g/mol. The highest BCUT2D eigenvalue weighted by atomic mass is 19.3. The van der Waals surface area contributed by atoms with Crippen molar-refractivity contribution in [3.63, 3.8) is 0 Å². The van der Waals surface area contributed by atoms with Crippen molar-refractivity contribution in [2.24, 2.45) is 0 Å². The fourth-order valence-electron chi connectivity index (χ4n) is 3.01. The maximum absolute atomic E-state index is 12.2. The lowest BCUT2D eigenvalue weighted by Crippen LogP contribution is -2.10. The van der Waals surface area contributed by atoms with Crippen molar-refractivity contribution in [2.45, 2.75) is 38.8 Å². The molecule has 1 heterocycles. The Bertz CT molecular complexity index is 726. The number of carbonyl (C=O) groups excluding carboxylic acids is 1. The van der Waals surface area contributed by atoms with Crippen molar-refractivity contribution in [3.8, 4) is 5.75 Å². The second-order valence-electron chi connectivity index (χ2n) is 5.65. The Morgan fingerprint density at radius 2 is 1.96 bits per heavy atom. The first-order valence-corrected chi connectivity index (χ1v) is 7.79. The lowest BCUT2D eigenvalue weighted by atomic mass is 9.95. The Balaban J connectivity index is 1.84. The van der Waals surface area contributed by atoms with Crippen LogP contribution in [-0.2, 0) is 24.1 Å². The van der Waals surface area contributed by atoms with Gasteiger partial charge < -0.3 is 9.47 Å². The first-order chi connectivity index (χ1) is 11.6. The highest BCUT2D eigenvalue weighted by molar-refractivity contribution is 5.89. The second-order valence-corrected chi connectivity index (χ2v) is 5.65. The number of aromatic nitrogens is 2. The Morgan fingerprint density at radius 1 is 1.25 bits per heavy atom. The van der Waals surface area contributed by atoms with E-state index in [1.165, 1.54) is 19.2 Å². The zero-order chi connectivity index (χ0) is 17.1. The molecule has 1 aliphatic carbocycles. The lowest BCUT2D eigenvalue weighted by Gasteiger charge is -2.14. The molecule has 0 saturated carbocycles. The molecule has 0 N–H and O–H groups in total. The summed E-state index contributed by atoms with van der Waals surface area (Å²) in [5.74, 6) is -0.306. The van der Waals surface area contributed by atoms with Crippen molar-refractivity contribution in [2.75, 3.05) is 7.11 Å². The number of esters is 1. The topological polar surface area (TPSA) is 53.3 Å². The smallest absolute Gasteiger partial charge is 0.387 e. The fraction of sp³-hybridized carbons (Fsp3) is 0.412. The Morgan fingerprint density at radius 3 is 2.62 bits per heavy atom. The number of halogens is 2. The van der Waals surface area contributed by atoms with Gasteiger partial charge in [-0.25, -0.2) is 4.79 Å². The van der Waals surface area contributed by atoms with Crippen LogP contribution in [0.25, 0.3) is 0 Å². The number of benzene rings is 1. The van der Waals surface area contributed by atoms with Gasteiger partial charge in [0.05, 0.1) is 13.7 Å². The van der Waals surface area contributed by atoms with Crippen LogP contribution >= 0.6 is 0 Å². The molecule has 3 rings (SSSR count). The highest BCUT2D eigenvalue weighted by Gasteiger charge is 2.25. The molecular weight excluding hydrogens is 318 g/mol. The highest BCUT2D eigenvalue weighted by Crippen LogP contribution is 2.26. The maximum atomic E-state index is 12.2. The predicted octanol–water partition coefficient (Wildman–Crippen LogP) is 3.20. The first kappa shape index (κ1) is 16.4. The van der Waals surface area contributed by atoms with Crippen molar-refractivity contribution in [1.82, 2.24) is 9.78 Å². The van der Waals surface area contributed by atoms with Crippen LogP contribution < -0.4 is 4.74 Å². The van der Waals surface area contributed by atoms with Crippen LogP contribution in [0.1, 0.15) is 40.2 Å². The molecule has 0 aliphatic heterocycles. The number of alkyl halides is 2. The molecule has 0 radical (unpaired) electrons. The summed E-state index contributed by atoms with van der Waals surface area (Å²) < 4.78 is 35.3. The fourth-order valence-corrected chi connectivity index (χ4v) is 3.01. The zero-order valence-corrected chi connectivity index (χ0v) is 13.3. The van der Waals surface area contributed by atoms with Crippen LogP contribution in [0.5, 0.6) is 5.75 Å². The average Bonchev–Trinajstić information content (AvgIpc) is 2.94. The number of rotatable bonds is 5. The minimum atomic E-state index is -2.84. The molecule has 2 aromatic rings. The molecule has 0 atom stereocenters. The first-order valence-electron chi connectivity index (χ1n) is 7.79. The second kappa shape index (κ2) is 6.98. The van der Waals surface area contributed by atoms with Crippen molar-refractivity contribution in [3.05, 3.63) is 46.8 Å². The minimum Gasteiger partial charge on any atom is -0.464 e. The van der Waals surface area contributed by atoms with Gasteiger partial charge >= 0.3 is 12.6 Å². The molecule has 0 spiro atoms. The molecule has 1 aromatic carbocycles. The van der Waals surface area contributed by atoms with Gasteiger partial charge in [-0.05, 0) is 43.4 Å². The number of methoxy groups -OCH3 is 1. The van der Waals surface area contributed by atoms with Gasteiger partial charge in [0.1, 0.15) is 5.75 Å². The summed E-state index contributed by atoms with van der Waals surface area (Å²) in [7, 11) is 1.35. The number of carbonyl (C=O) groups is 1. The summed E-state index contributed by atoms with van der Waals surface area (Å²) in [4.78, 5) is 11.9. The number of hydrogen-bond acceptors (Lipinski definition) is 4. The molecule has 5 nitrogen and oxygen atoms in total. The summed E-state index contributed by atoms with van der Waals surface area (Å²) in [5.41, 5.74) is 3.29. The van der Waals surface area contributed by atoms with E-state index in [9.17, 15) is 13.6 Å². The van der Waals surface area contributed by atoms with E-state index in [0.717, 1.165) is 42.5 Å². The number of nitrogens with zero attached hydrogens (tertiary/aromatic N) is 2. The van der Waals surface area contributed by atoms with E-state index in [1.807, 2.05) is 4.68 Å². The Labute approximate surface area is 138 Å². The normalized spacial score (nSPS) is 13.7. The summed E-state index contributed by atoms with van der Waals surface area (Å²) in [6, 6.07) is 6.43. The molecule has 0 unspecified atom stereocenters. The van der Waals surface area contributed by atoms with E-state index < -0.39 is 12.6 Å². The van der Waals surface area contributed by atoms with Gasteiger partial charge in [0, 0.05) is 11.3 Å². The van der Waals surface area contributed by atoms with Crippen LogP contribution in [-0.4, -0.2) is 29.5 Å². The molecule has 128 valence electrons. The van der Waals surface area contributed by atoms with Gasteiger partial charge in [-0.2, -0.15) is 13.9 Å². The van der Waals surface area contributed by atoms with Crippen LogP contribution in [0, 0.1) is 0 Å². The van der Waals surface area contributed by atoms with E-state index >= 15 is 0 Å². The Kier molecular flexibility index (Phi) is 4.78. The minimum absolute atomic E-state index is 0.117. The van der Waals surface area contributed by atoms with Gasteiger partial charge in [0.15, 0.2) is 5.69 Å². The van der Waals surface area contributed by atoms with Gasteiger partial charge in [-0.15, -0.1) is 0 Å². The lowest BCUT2D eigenvalue weighted by molar-refractivity contribution is -0.0498. The van der Waals surface area contributed by atoms with Crippen molar-refractivity contribution < 1.29 is 23.0 Å². The summed E-state index contributed by atoms with van der Waals surface area (Å²) in [5, 5.41) is 4.42. The van der Waals surface area contributed by atoms with Gasteiger partial charge in [0.25, 0.3) is 0 Å². The third-order valence-corrected chi connectivity index (χ3v) is 4.12. The van der Waals surface area contributed by atoms with Crippen LogP contribution in [0.2, 0.25) is 0 Å². The molecule has 0 saturated heterocycles. The summed E-state index contributed by atoms with van der Waals surface area (Å²) in [6.07, 6.45) is 3.77. The molecule has 24 heavy (non-hydrogen) atoms. The Hall–Kier alpha value is -2.44. The van der Waals surface area contributed by atoms with E-state index in [1.54, 1.807) is 12.1 Å². The summed E-state index contributed by atoms with van der Waals surface area (Å²) >= 11 is 0. The largest absolute Gasteiger partial charge is 0.464 e. The van der Waals surface area contributed by atoms with Gasteiger partial charge in [0.2, 0.25) is 0 Å². The monoisotopic (exact) mass is 336 g/mol. The van der Waals surface area contributed by atoms with Crippen molar-refractivity contribution in [1.29, 1.82) is 0 Å². The quantitative estimate of drug-likeness (QED) is 0.787. The summed E-state index contributed by atoms with van der Waals surface area (Å²) in [6.45, 7) is -2.37. The van der Waals surface area contributed by atoms with Crippen LogP contribution in [0.4, 0.5) is 8.78 Å². The van der Waals surface area contributed by atoms with E-state index in [0.29, 0.717) is 12.2 Å². The zero-order valence-electron chi connectivity index (χ0n) is 13.3.